The van der Waals surface area contributed by atoms with E-state index in [-0.39, 0.29) is 12.0 Å². The van der Waals surface area contributed by atoms with Gasteiger partial charge in [-0.1, -0.05) is 0 Å². The van der Waals surface area contributed by atoms with Crippen LogP contribution < -0.4 is 21.1 Å². The number of rotatable bonds is 4. The summed E-state index contributed by atoms with van der Waals surface area (Å²) in [5.74, 6) is 1.55. The molecule has 0 saturated heterocycles. The molecule has 1 aromatic carbocycles. The van der Waals surface area contributed by atoms with Crippen LogP contribution in [0.3, 0.4) is 0 Å². The molecule has 0 saturated carbocycles. The van der Waals surface area contributed by atoms with Crippen LogP contribution >= 0.6 is 0 Å². The van der Waals surface area contributed by atoms with E-state index in [1.54, 1.807) is 0 Å². The molecule has 1 aliphatic rings. The summed E-state index contributed by atoms with van der Waals surface area (Å²) in [6, 6.07) is 5.48. The lowest BCUT2D eigenvalue weighted by Crippen LogP contribution is -2.35. The third kappa shape index (κ3) is 3.63. The molecule has 20 heavy (non-hydrogen) atoms. The molecule has 1 aliphatic heterocycles. The molecule has 108 valence electrons. The van der Waals surface area contributed by atoms with E-state index in [1.165, 1.54) is 6.92 Å². The number of benzene rings is 1. The van der Waals surface area contributed by atoms with Gasteiger partial charge in [-0.2, -0.15) is 0 Å². The number of hydrogen-bond donors (Lipinski definition) is 3. The molecule has 6 heteroatoms. The number of amidine groups is 1. The Morgan fingerprint density at radius 1 is 1.55 bits per heavy atom. The number of carbonyl (C=O) groups is 1. The first-order valence-corrected chi connectivity index (χ1v) is 6.68. The quantitative estimate of drug-likeness (QED) is 0.572. The van der Waals surface area contributed by atoms with Crippen LogP contribution in [0.2, 0.25) is 0 Å². The minimum absolute atomic E-state index is 0.0189. The summed E-state index contributed by atoms with van der Waals surface area (Å²) < 4.78 is 5.78. The van der Waals surface area contributed by atoms with Crippen molar-refractivity contribution in [2.75, 3.05) is 24.1 Å². The maximum atomic E-state index is 10.7. The molecule has 1 aromatic rings. The van der Waals surface area contributed by atoms with E-state index in [2.05, 4.69) is 15.6 Å². The number of aliphatic imine (C=N–C) groups is 1. The molecule has 0 aromatic heterocycles. The number of hydrogen-bond acceptors (Lipinski definition) is 4. The Morgan fingerprint density at radius 3 is 3.10 bits per heavy atom. The highest BCUT2D eigenvalue weighted by Crippen LogP contribution is 2.31. The highest BCUT2D eigenvalue weighted by molar-refractivity contribution is 6.02. The average Bonchev–Trinajstić information content (AvgIpc) is 2.39. The van der Waals surface area contributed by atoms with Crippen LogP contribution in [0.4, 0.5) is 11.4 Å². The summed E-state index contributed by atoms with van der Waals surface area (Å²) in [7, 11) is 0. The van der Waals surface area contributed by atoms with Gasteiger partial charge in [0.1, 0.15) is 11.6 Å². The summed E-state index contributed by atoms with van der Waals surface area (Å²) in [4.78, 5) is 15.2. The Morgan fingerprint density at radius 2 is 2.35 bits per heavy atom. The Bertz CT molecular complexity index is 528. The monoisotopic (exact) mass is 276 g/mol. The van der Waals surface area contributed by atoms with E-state index in [0.717, 1.165) is 23.7 Å². The Labute approximate surface area is 118 Å². The summed E-state index contributed by atoms with van der Waals surface area (Å²) in [5.41, 5.74) is 7.27. The molecule has 6 nitrogen and oxygen atoms in total. The number of ether oxygens (including phenoxy) is 1. The van der Waals surface area contributed by atoms with Crippen LogP contribution in [-0.2, 0) is 4.79 Å². The second kappa shape index (κ2) is 6.27. The van der Waals surface area contributed by atoms with Crippen molar-refractivity contribution in [1.29, 1.82) is 0 Å². The lowest BCUT2D eigenvalue weighted by molar-refractivity contribution is -0.118. The molecule has 1 amide bonds. The van der Waals surface area contributed by atoms with E-state index in [0.29, 0.717) is 18.8 Å². The van der Waals surface area contributed by atoms with Gasteiger partial charge in [0.2, 0.25) is 5.91 Å². The van der Waals surface area contributed by atoms with Crippen LogP contribution in [0.5, 0.6) is 5.75 Å². The van der Waals surface area contributed by atoms with Crippen molar-refractivity contribution in [3.05, 3.63) is 18.2 Å². The van der Waals surface area contributed by atoms with E-state index in [9.17, 15) is 4.79 Å². The predicted octanol–water partition coefficient (Wildman–Crippen LogP) is 1.39. The van der Waals surface area contributed by atoms with Crippen molar-refractivity contribution < 1.29 is 9.53 Å². The van der Waals surface area contributed by atoms with Gasteiger partial charge >= 0.3 is 0 Å². The van der Waals surface area contributed by atoms with Crippen molar-refractivity contribution >= 4 is 23.1 Å². The summed E-state index contributed by atoms with van der Waals surface area (Å²) in [5, 5.41) is 5.99. The average molecular weight is 276 g/mol. The molecule has 1 unspecified atom stereocenters. The molecule has 0 spiro atoms. The SMILES string of the molecule is CC(=O)NCCCN=C1Nc2cc(N)ccc2OC1C. The molecule has 1 atom stereocenters. The summed E-state index contributed by atoms with van der Waals surface area (Å²) >= 11 is 0. The minimum Gasteiger partial charge on any atom is -0.481 e. The standard InChI is InChI=1S/C14H20N4O2/c1-9-14(17-7-3-6-16-10(2)19)18-12-8-11(15)4-5-13(12)20-9/h4-5,8-9H,3,6-7,15H2,1-2H3,(H,16,19)(H,17,18). The highest BCUT2D eigenvalue weighted by Gasteiger charge is 2.21. The van der Waals surface area contributed by atoms with Crippen molar-refractivity contribution in [2.24, 2.45) is 4.99 Å². The lowest BCUT2D eigenvalue weighted by Gasteiger charge is -2.26. The van der Waals surface area contributed by atoms with E-state index in [1.807, 2.05) is 25.1 Å². The molecular formula is C14H20N4O2. The number of amides is 1. The number of nitrogens with one attached hydrogen (secondary N) is 2. The molecule has 4 N–H and O–H groups in total. The smallest absolute Gasteiger partial charge is 0.216 e. The lowest BCUT2D eigenvalue weighted by atomic mass is 10.2. The number of nitrogens with two attached hydrogens (primary N) is 1. The van der Waals surface area contributed by atoms with Gasteiger partial charge in [-0.3, -0.25) is 9.79 Å². The molecule has 0 aliphatic carbocycles. The second-order valence-corrected chi connectivity index (χ2v) is 4.74. The number of fused-ring (bicyclic) bond motifs is 1. The Hall–Kier alpha value is -2.24. The zero-order valence-electron chi connectivity index (χ0n) is 11.8. The van der Waals surface area contributed by atoms with Gasteiger partial charge in [-0.15, -0.1) is 0 Å². The van der Waals surface area contributed by atoms with Crippen LogP contribution in [0.15, 0.2) is 23.2 Å². The van der Waals surface area contributed by atoms with Gasteiger partial charge in [0.05, 0.1) is 5.69 Å². The van der Waals surface area contributed by atoms with Gasteiger partial charge in [-0.05, 0) is 31.5 Å². The Balaban J connectivity index is 1.94. The number of carbonyl (C=O) groups excluding carboxylic acids is 1. The largest absolute Gasteiger partial charge is 0.481 e. The van der Waals surface area contributed by atoms with E-state index < -0.39 is 0 Å². The minimum atomic E-state index is -0.119. The maximum absolute atomic E-state index is 10.7. The maximum Gasteiger partial charge on any atom is 0.216 e. The van der Waals surface area contributed by atoms with Crippen LogP contribution in [0.25, 0.3) is 0 Å². The fourth-order valence-corrected chi connectivity index (χ4v) is 1.94. The summed E-state index contributed by atoms with van der Waals surface area (Å²) in [6.45, 7) is 4.71. The van der Waals surface area contributed by atoms with Crippen molar-refractivity contribution in [2.45, 2.75) is 26.4 Å². The van der Waals surface area contributed by atoms with E-state index in [4.69, 9.17) is 10.5 Å². The van der Waals surface area contributed by atoms with Crippen molar-refractivity contribution in [1.82, 2.24) is 5.32 Å². The van der Waals surface area contributed by atoms with Crippen LogP contribution in [-0.4, -0.2) is 30.9 Å². The topological polar surface area (TPSA) is 88.7 Å². The summed E-state index contributed by atoms with van der Waals surface area (Å²) in [6.07, 6.45) is 0.674. The first kappa shape index (κ1) is 14.2. The molecule has 0 fully saturated rings. The molecule has 2 rings (SSSR count). The fraction of sp³-hybridized carbons (Fsp3) is 0.429. The predicted molar refractivity (Wildman–Crippen MR) is 80.2 cm³/mol. The number of anilines is 2. The van der Waals surface area contributed by atoms with Gasteiger partial charge in [0.25, 0.3) is 0 Å². The zero-order chi connectivity index (χ0) is 14.5. The zero-order valence-corrected chi connectivity index (χ0v) is 11.8. The van der Waals surface area contributed by atoms with Crippen LogP contribution in [0, 0.1) is 0 Å². The van der Waals surface area contributed by atoms with Gasteiger partial charge < -0.3 is 21.1 Å². The number of nitrogen functional groups attached to an aromatic ring is 1. The first-order chi connectivity index (χ1) is 9.56. The second-order valence-electron chi connectivity index (χ2n) is 4.74. The normalized spacial score (nSPS) is 18.9. The molecule has 0 bridgehead atoms. The molecular weight excluding hydrogens is 256 g/mol. The van der Waals surface area contributed by atoms with Crippen LogP contribution in [0.1, 0.15) is 20.3 Å². The number of nitrogens with zero attached hydrogens (tertiary/aromatic N) is 1. The Kier molecular flexibility index (Phi) is 4.45. The third-order valence-electron chi connectivity index (χ3n) is 2.95. The van der Waals surface area contributed by atoms with Gasteiger partial charge in [0, 0.05) is 25.7 Å². The molecule has 0 radical (unpaired) electrons. The third-order valence-corrected chi connectivity index (χ3v) is 2.95. The molecule has 1 heterocycles. The van der Waals surface area contributed by atoms with Crippen molar-refractivity contribution in [3.63, 3.8) is 0 Å². The fourth-order valence-electron chi connectivity index (χ4n) is 1.94. The van der Waals surface area contributed by atoms with Crippen molar-refractivity contribution in [3.8, 4) is 5.75 Å². The van der Waals surface area contributed by atoms with Gasteiger partial charge in [0.15, 0.2) is 6.10 Å². The van der Waals surface area contributed by atoms with E-state index >= 15 is 0 Å². The van der Waals surface area contributed by atoms with Gasteiger partial charge in [-0.25, -0.2) is 0 Å². The first-order valence-electron chi connectivity index (χ1n) is 6.68. The highest BCUT2D eigenvalue weighted by atomic mass is 16.5.